The van der Waals surface area contributed by atoms with E-state index in [1.165, 1.54) is 0 Å². The Bertz CT molecular complexity index is 1830. The van der Waals surface area contributed by atoms with Crippen molar-refractivity contribution in [2.45, 2.75) is 106 Å². The molecule has 5 atom stereocenters. The lowest BCUT2D eigenvalue weighted by Crippen LogP contribution is -2.67. The fourth-order valence-corrected chi connectivity index (χ4v) is 9.62. The SMILES string of the molecule is CC(=O)C1=C(O)C(C(C)C)[C@@]2(C)C[C@@]3(C)Cc4c(C(C)C)cc(CCC(=O)C(Cc5ccccc5)C(C)C)c(O)c4C(=O)C3=C(O)[C@@]2(O)C1=O. The number of hydrogen-bond donors (Lipinski definition) is 4. The summed E-state index contributed by atoms with van der Waals surface area (Å²) in [6.45, 7) is 16.2. The molecule has 0 saturated heterocycles. The fourth-order valence-electron chi connectivity index (χ4n) is 9.62. The molecule has 2 aromatic carbocycles. The minimum Gasteiger partial charge on any atom is -0.511 e. The minimum absolute atomic E-state index is 0.00317. The average Bonchev–Trinajstić information content (AvgIpc) is 3.00. The van der Waals surface area contributed by atoms with Gasteiger partial charge in [0.1, 0.15) is 28.6 Å². The summed E-state index contributed by atoms with van der Waals surface area (Å²) in [6, 6.07) is 11.7. The normalized spacial score (nSPS) is 27.1. The molecule has 5 rings (SSSR count). The number of aliphatic hydroxyl groups excluding tert-OH is 2. The molecule has 0 saturated carbocycles. The molecular weight excluding hydrogens is 632 g/mol. The summed E-state index contributed by atoms with van der Waals surface area (Å²) in [5.41, 5.74) is -3.00. The van der Waals surface area contributed by atoms with Crippen LogP contribution in [0.2, 0.25) is 0 Å². The topological polar surface area (TPSA) is 149 Å². The van der Waals surface area contributed by atoms with Gasteiger partial charge in [-0.3, -0.25) is 19.2 Å². The minimum atomic E-state index is -2.66. The Labute approximate surface area is 295 Å². The van der Waals surface area contributed by atoms with Crippen LogP contribution < -0.4 is 0 Å². The number of ketones is 4. The number of aliphatic hydroxyl groups is 3. The second-order valence-corrected chi connectivity index (χ2v) is 16.5. The zero-order chi connectivity index (χ0) is 37.2. The molecule has 2 unspecified atom stereocenters. The van der Waals surface area contributed by atoms with Gasteiger partial charge < -0.3 is 20.4 Å². The third-order valence-corrected chi connectivity index (χ3v) is 11.9. The fraction of sp³-hybridized carbons (Fsp3) is 0.524. The van der Waals surface area contributed by atoms with Crippen LogP contribution in [0.25, 0.3) is 0 Å². The zero-order valence-corrected chi connectivity index (χ0v) is 30.8. The van der Waals surface area contributed by atoms with Crippen molar-refractivity contribution in [2.24, 2.45) is 34.5 Å². The van der Waals surface area contributed by atoms with Crippen molar-refractivity contribution >= 4 is 23.1 Å². The van der Waals surface area contributed by atoms with Gasteiger partial charge in [-0.15, -0.1) is 0 Å². The number of carbonyl (C=O) groups is 4. The van der Waals surface area contributed by atoms with Crippen LogP contribution in [0.15, 0.2) is 59.1 Å². The number of phenolic OH excluding ortho intramolecular Hbond substituents is 1. The van der Waals surface area contributed by atoms with Crippen molar-refractivity contribution in [3.63, 3.8) is 0 Å². The van der Waals surface area contributed by atoms with Gasteiger partial charge in [-0.05, 0) is 72.6 Å². The molecule has 8 heteroatoms. The standard InChI is InChI=1S/C42H52O8/c1-21(2)27-18-26(15-16-30(44)28(22(3)4)17-25-13-11-10-12-14-25)35(45)32-29(27)19-40(8)20-41(9)33(23(5)6)36(46)31(24(7)43)38(48)42(41,50)39(49)34(40)37(32)47/h10-14,18,21-23,28,33,45-46,49-50H,15-17,19-20H2,1-9H3/t28?,33?,40-,41-,42+/m1/s1. The molecule has 0 bridgehead atoms. The van der Waals surface area contributed by atoms with Crippen LogP contribution in [0.1, 0.15) is 114 Å². The molecule has 0 heterocycles. The Morgan fingerprint density at radius 1 is 0.960 bits per heavy atom. The number of phenols is 1. The van der Waals surface area contributed by atoms with Gasteiger partial charge in [0.05, 0.1) is 5.56 Å². The van der Waals surface area contributed by atoms with Crippen molar-refractivity contribution in [2.75, 3.05) is 0 Å². The molecule has 0 amide bonds. The Kier molecular flexibility index (Phi) is 9.63. The summed E-state index contributed by atoms with van der Waals surface area (Å²) >= 11 is 0. The van der Waals surface area contributed by atoms with E-state index in [-0.39, 0.29) is 72.0 Å². The Balaban J connectivity index is 1.61. The van der Waals surface area contributed by atoms with Gasteiger partial charge in [0.25, 0.3) is 0 Å². The van der Waals surface area contributed by atoms with E-state index in [1.54, 1.807) is 13.8 Å². The van der Waals surface area contributed by atoms with E-state index in [2.05, 4.69) is 0 Å². The van der Waals surface area contributed by atoms with Crippen LogP contribution in [-0.4, -0.2) is 49.2 Å². The third kappa shape index (κ3) is 5.55. The van der Waals surface area contributed by atoms with Gasteiger partial charge in [-0.2, -0.15) is 0 Å². The molecule has 50 heavy (non-hydrogen) atoms. The van der Waals surface area contributed by atoms with E-state index < -0.39 is 56.8 Å². The van der Waals surface area contributed by atoms with Crippen molar-refractivity contribution < 1.29 is 39.6 Å². The number of carbonyl (C=O) groups excluding carboxylic acids is 4. The van der Waals surface area contributed by atoms with Gasteiger partial charge in [-0.25, -0.2) is 0 Å². The van der Waals surface area contributed by atoms with Crippen LogP contribution in [0, 0.1) is 34.5 Å². The van der Waals surface area contributed by atoms with E-state index in [0.717, 1.165) is 18.1 Å². The largest absolute Gasteiger partial charge is 0.511 e. The van der Waals surface area contributed by atoms with Crippen molar-refractivity contribution in [1.82, 2.24) is 0 Å². The summed E-state index contributed by atoms with van der Waals surface area (Å²) in [5, 5.41) is 47.5. The number of hydrogen-bond acceptors (Lipinski definition) is 8. The molecule has 0 fully saturated rings. The predicted molar refractivity (Wildman–Crippen MR) is 191 cm³/mol. The van der Waals surface area contributed by atoms with Crippen molar-refractivity contribution in [1.29, 1.82) is 0 Å². The lowest BCUT2D eigenvalue weighted by atomic mass is 9.44. The molecule has 0 spiro atoms. The van der Waals surface area contributed by atoms with Crippen molar-refractivity contribution in [3.05, 3.63) is 86.9 Å². The number of fused-ring (bicyclic) bond motifs is 3. The lowest BCUT2D eigenvalue weighted by Gasteiger charge is -2.59. The first-order valence-corrected chi connectivity index (χ1v) is 17.9. The number of rotatable bonds is 10. The highest BCUT2D eigenvalue weighted by molar-refractivity contribution is 6.25. The van der Waals surface area contributed by atoms with E-state index in [1.807, 2.05) is 77.9 Å². The summed E-state index contributed by atoms with van der Waals surface area (Å²) in [7, 11) is 0. The first-order chi connectivity index (χ1) is 23.2. The maximum atomic E-state index is 14.7. The monoisotopic (exact) mass is 684 g/mol. The second kappa shape index (κ2) is 12.9. The highest BCUT2D eigenvalue weighted by Gasteiger charge is 2.71. The number of allylic oxidation sites excluding steroid dienone is 2. The van der Waals surface area contributed by atoms with Gasteiger partial charge in [-0.1, -0.05) is 91.8 Å². The van der Waals surface area contributed by atoms with Gasteiger partial charge in [0.2, 0.25) is 5.78 Å². The van der Waals surface area contributed by atoms with E-state index in [9.17, 15) is 39.6 Å². The quantitative estimate of drug-likeness (QED) is 0.188. The maximum Gasteiger partial charge on any atom is 0.209 e. The van der Waals surface area contributed by atoms with Crippen molar-refractivity contribution in [3.8, 4) is 5.75 Å². The van der Waals surface area contributed by atoms with E-state index in [0.29, 0.717) is 17.5 Å². The van der Waals surface area contributed by atoms with Gasteiger partial charge in [0, 0.05) is 34.7 Å². The molecule has 3 aliphatic rings. The van der Waals surface area contributed by atoms with E-state index >= 15 is 0 Å². The number of aryl methyl sites for hydroxylation is 1. The maximum absolute atomic E-state index is 14.7. The van der Waals surface area contributed by atoms with E-state index in [4.69, 9.17) is 0 Å². The summed E-state index contributed by atoms with van der Waals surface area (Å²) in [6.07, 6.45) is 1.22. The smallest absolute Gasteiger partial charge is 0.209 e. The van der Waals surface area contributed by atoms with Gasteiger partial charge in [0.15, 0.2) is 17.2 Å². The molecular formula is C42H52O8. The Hall–Kier alpha value is -4.04. The highest BCUT2D eigenvalue weighted by atomic mass is 16.3. The first-order valence-electron chi connectivity index (χ1n) is 17.9. The average molecular weight is 685 g/mol. The molecule has 4 N–H and O–H groups in total. The van der Waals surface area contributed by atoms with Crippen LogP contribution >= 0.6 is 0 Å². The lowest BCUT2D eigenvalue weighted by molar-refractivity contribution is -0.171. The molecule has 8 nitrogen and oxygen atoms in total. The number of benzene rings is 2. The zero-order valence-electron chi connectivity index (χ0n) is 30.8. The van der Waals surface area contributed by atoms with Gasteiger partial charge >= 0.3 is 0 Å². The third-order valence-electron chi connectivity index (χ3n) is 11.9. The summed E-state index contributed by atoms with van der Waals surface area (Å²) < 4.78 is 0. The molecule has 0 radical (unpaired) electrons. The molecule has 0 aliphatic heterocycles. The van der Waals surface area contributed by atoms with Crippen LogP contribution in [-0.2, 0) is 33.6 Å². The Morgan fingerprint density at radius 3 is 2.12 bits per heavy atom. The number of aromatic hydroxyl groups is 1. The van der Waals surface area contributed by atoms with Crippen LogP contribution in [0.5, 0.6) is 5.75 Å². The Morgan fingerprint density at radius 2 is 1.58 bits per heavy atom. The molecule has 0 aromatic heterocycles. The summed E-state index contributed by atoms with van der Waals surface area (Å²) in [5.74, 6) is -5.44. The molecule has 2 aromatic rings. The first kappa shape index (κ1) is 37.2. The predicted octanol–water partition coefficient (Wildman–Crippen LogP) is 7.49. The highest BCUT2D eigenvalue weighted by Crippen LogP contribution is 2.65. The summed E-state index contributed by atoms with van der Waals surface area (Å²) in [4.78, 5) is 55.0. The van der Waals surface area contributed by atoms with Crippen LogP contribution in [0.3, 0.4) is 0 Å². The number of Topliss-reactive ketones (excluding diaryl/α,β-unsaturated/α-hetero) is 4. The van der Waals surface area contributed by atoms with Crippen LogP contribution in [0.4, 0.5) is 0 Å². The molecule has 3 aliphatic carbocycles. The second-order valence-electron chi connectivity index (χ2n) is 16.5. The molecule has 268 valence electrons.